The van der Waals surface area contributed by atoms with Crippen LogP contribution in [0, 0.1) is 0 Å². The van der Waals surface area contributed by atoms with Gasteiger partial charge in [-0.1, -0.05) is 36.3 Å². The maximum absolute atomic E-state index is 14.1. The molecule has 0 bridgehead atoms. The van der Waals surface area contributed by atoms with Crippen molar-refractivity contribution in [1.29, 1.82) is 0 Å². The number of para-hydroxylation sites is 1. The molecule has 1 aromatic heterocycles. The van der Waals surface area contributed by atoms with Crippen LogP contribution in [0.15, 0.2) is 66.7 Å². The number of aromatic hydroxyl groups is 2. The maximum Gasteiger partial charge on any atom is 0.249 e. The number of hydrogen-bond acceptors (Lipinski definition) is 7. The summed E-state index contributed by atoms with van der Waals surface area (Å²) in [4.78, 5) is 41.2. The molecular formula is C29H29N5O5. The number of phenols is 2. The fraction of sp³-hybridized carbons (Fsp3) is 0.276. The molecule has 10 nitrogen and oxygen atoms in total. The van der Waals surface area contributed by atoms with Gasteiger partial charge in [0, 0.05) is 17.3 Å². The Morgan fingerprint density at radius 1 is 1.00 bits per heavy atom. The van der Waals surface area contributed by atoms with Crippen molar-refractivity contribution in [2.75, 3.05) is 4.90 Å². The predicted octanol–water partition coefficient (Wildman–Crippen LogP) is 3.88. The number of Topliss-reactive ketones (excluding diaryl/α,β-unsaturated/α-hetero) is 1. The molecule has 1 heterocycles. The molecule has 1 aliphatic carbocycles. The third-order valence-electron chi connectivity index (χ3n) is 7.05. The van der Waals surface area contributed by atoms with Crippen LogP contribution in [0.25, 0.3) is 11.0 Å². The third-order valence-corrected chi connectivity index (χ3v) is 7.05. The first kappa shape index (κ1) is 25.9. The first-order chi connectivity index (χ1) is 18.8. The number of rotatable bonds is 8. The second-order valence-electron chi connectivity index (χ2n) is 9.74. The summed E-state index contributed by atoms with van der Waals surface area (Å²) in [5.74, 6) is -1.76. The lowest BCUT2D eigenvalue weighted by Gasteiger charge is -2.32. The second kappa shape index (κ2) is 10.9. The molecule has 0 saturated heterocycles. The minimum Gasteiger partial charge on any atom is -0.504 e. The van der Waals surface area contributed by atoms with Crippen LogP contribution in [0.1, 0.15) is 54.6 Å². The van der Waals surface area contributed by atoms with Crippen LogP contribution in [0.5, 0.6) is 11.5 Å². The number of aromatic nitrogens is 3. The number of carbonyl (C=O) groups excluding carboxylic acids is 3. The molecule has 1 fully saturated rings. The number of nitrogens with one attached hydrogen (secondary N) is 1. The third kappa shape index (κ3) is 5.45. The van der Waals surface area contributed by atoms with Crippen molar-refractivity contribution >= 4 is 34.3 Å². The zero-order chi connectivity index (χ0) is 27.5. The molecule has 0 radical (unpaired) electrons. The topological polar surface area (TPSA) is 138 Å². The fourth-order valence-corrected chi connectivity index (χ4v) is 5.01. The molecule has 0 aliphatic heterocycles. The molecular weight excluding hydrogens is 498 g/mol. The number of carbonyl (C=O) groups is 3. The number of anilines is 1. The molecule has 5 rings (SSSR count). The fourth-order valence-electron chi connectivity index (χ4n) is 5.01. The van der Waals surface area contributed by atoms with Gasteiger partial charge in [-0.2, -0.15) is 0 Å². The van der Waals surface area contributed by atoms with Crippen LogP contribution >= 0.6 is 0 Å². The number of nitrogens with zero attached hydrogens (tertiary/aromatic N) is 4. The van der Waals surface area contributed by atoms with Gasteiger partial charge in [-0.3, -0.25) is 19.3 Å². The van der Waals surface area contributed by atoms with Gasteiger partial charge in [0.15, 0.2) is 17.3 Å². The summed E-state index contributed by atoms with van der Waals surface area (Å²) < 4.78 is 1.47. The average molecular weight is 528 g/mol. The lowest BCUT2D eigenvalue weighted by atomic mass is 10.0. The van der Waals surface area contributed by atoms with Crippen LogP contribution in [-0.4, -0.2) is 48.8 Å². The summed E-state index contributed by atoms with van der Waals surface area (Å²) in [7, 11) is 0. The Bertz CT molecular complexity index is 1520. The van der Waals surface area contributed by atoms with E-state index in [2.05, 4.69) is 15.6 Å². The van der Waals surface area contributed by atoms with Gasteiger partial charge in [-0.25, -0.2) is 4.68 Å². The summed E-state index contributed by atoms with van der Waals surface area (Å²) in [5, 5.41) is 31.5. The molecule has 39 heavy (non-hydrogen) atoms. The Labute approximate surface area is 224 Å². The normalized spacial score (nSPS) is 14.3. The molecule has 0 spiro atoms. The Balaban J connectivity index is 1.60. The first-order valence-electron chi connectivity index (χ1n) is 12.9. The maximum atomic E-state index is 14.1. The highest BCUT2D eigenvalue weighted by Crippen LogP contribution is 2.34. The summed E-state index contributed by atoms with van der Waals surface area (Å²) in [6, 6.07) is 16.5. The van der Waals surface area contributed by atoms with Gasteiger partial charge in [-0.15, -0.1) is 5.10 Å². The highest BCUT2D eigenvalue weighted by molar-refractivity contribution is 6.02. The standard InChI is InChI=1S/C29H29N5O5/c1-18(35)19-10-13-22(14-11-19)34(27(38)17-33-24-9-5-4-8-23(24)31-32-33)28(20-12-15-25(36)26(37)16-20)29(39)30-21-6-2-3-7-21/h4-5,8-16,21,28,36-37H,2-3,6-7,17H2,1H3,(H,30,39)/t28-/m0/s1. The van der Waals surface area contributed by atoms with Gasteiger partial charge >= 0.3 is 0 Å². The summed E-state index contributed by atoms with van der Waals surface area (Å²) in [6.07, 6.45) is 3.69. The van der Waals surface area contributed by atoms with Crippen molar-refractivity contribution in [3.8, 4) is 11.5 Å². The highest BCUT2D eigenvalue weighted by Gasteiger charge is 2.35. The number of amides is 2. The van der Waals surface area contributed by atoms with Crippen molar-refractivity contribution in [2.45, 2.75) is 51.2 Å². The van der Waals surface area contributed by atoms with E-state index < -0.39 is 23.6 Å². The monoisotopic (exact) mass is 527 g/mol. The van der Waals surface area contributed by atoms with Crippen molar-refractivity contribution in [3.63, 3.8) is 0 Å². The summed E-state index contributed by atoms with van der Waals surface area (Å²) in [6.45, 7) is 1.23. The Hall–Kier alpha value is -4.73. The van der Waals surface area contributed by atoms with Gasteiger partial charge in [0.1, 0.15) is 18.1 Å². The molecule has 3 aromatic carbocycles. The first-order valence-corrected chi connectivity index (χ1v) is 12.9. The number of fused-ring (bicyclic) bond motifs is 1. The van der Waals surface area contributed by atoms with Crippen LogP contribution in [-0.2, 0) is 16.1 Å². The Morgan fingerprint density at radius 3 is 2.41 bits per heavy atom. The van der Waals surface area contributed by atoms with E-state index in [9.17, 15) is 24.6 Å². The average Bonchev–Trinajstić information content (AvgIpc) is 3.59. The Morgan fingerprint density at radius 2 is 1.72 bits per heavy atom. The zero-order valence-corrected chi connectivity index (χ0v) is 21.4. The molecule has 2 amide bonds. The van der Waals surface area contributed by atoms with Gasteiger partial charge in [0.05, 0.1) is 5.52 Å². The SMILES string of the molecule is CC(=O)c1ccc(N(C(=O)Cn2nnc3ccccc32)[C@H](C(=O)NC2CCCC2)c2ccc(O)c(O)c2)cc1. The quantitative estimate of drug-likeness (QED) is 0.234. The molecule has 1 saturated carbocycles. The molecule has 0 unspecified atom stereocenters. The van der Waals surface area contributed by atoms with Crippen molar-refractivity contribution in [2.24, 2.45) is 0 Å². The van der Waals surface area contributed by atoms with Crippen molar-refractivity contribution < 1.29 is 24.6 Å². The van der Waals surface area contributed by atoms with Gasteiger partial charge in [0.25, 0.3) is 0 Å². The number of benzene rings is 3. The van der Waals surface area contributed by atoms with E-state index in [4.69, 9.17) is 0 Å². The van der Waals surface area contributed by atoms with E-state index in [1.54, 1.807) is 36.4 Å². The van der Waals surface area contributed by atoms with Gasteiger partial charge < -0.3 is 15.5 Å². The molecule has 3 N–H and O–H groups in total. The van der Waals surface area contributed by atoms with Crippen LogP contribution in [0.4, 0.5) is 5.69 Å². The number of phenolic OH excluding ortho intramolecular Hbond substituents is 2. The zero-order valence-electron chi connectivity index (χ0n) is 21.4. The van der Waals surface area contributed by atoms with Crippen LogP contribution < -0.4 is 10.2 Å². The second-order valence-corrected chi connectivity index (χ2v) is 9.74. The lowest BCUT2D eigenvalue weighted by molar-refractivity contribution is -0.127. The lowest BCUT2D eigenvalue weighted by Crippen LogP contribution is -2.47. The molecule has 1 atom stereocenters. The van der Waals surface area contributed by atoms with E-state index in [1.807, 2.05) is 12.1 Å². The van der Waals surface area contributed by atoms with E-state index in [-0.39, 0.29) is 24.1 Å². The minimum absolute atomic E-state index is 0.0259. The smallest absolute Gasteiger partial charge is 0.249 e. The van der Waals surface area contributed by atoms with E-state index in [0.717, 1.165) is 25.7 Å². The largest absolute Gasteiger partial charge is 0.504 e. The molecule has 200 valence electrons. The van der Waals surface area contributed by atoms with Crippen LogP contribution in [0.2, 0.25) is 0 Å². The van der Waals surface area contributed by atoms with Crippen molar-refractivity contribution in [1.82, 2.24) is 20.3 Å². The summed E-state index contributed by atoms with van der Waals surface area (Å²) in [5.41, 5.74) is 2.44. The minimum atomic E-state index is -1.18. The van der Waals surface area contributed by atoms with Gasteiger partial charge in [0.2, 0.25) is 11.8 Å². The number of ketones is 1. The van der Waals surface area contributed by atoms with Crippen LogP contribution in [0.3, 0.4) is 0 Å². The molecule has 4 aromatic rings. The predicted molar refractivity (Wildman–Crippen MR) is 144 cm³/mol. The Kier molecular flexibility index (Phi) is 7.27. The van der Waals surface area contributed by atoms with E-state index in [0.29, 0.717) is 27.8 Å². The number of hydrogen-bond donors (Lipinski definition) is 3. The van der Waals surface area contributed by atoms with Crippen molar-refractivity contribution in [3.05, 3.63) is 77.9 Å². The summed E-state index contributed by atoms with van der Waals surface area (Å²) >= 11 is 0. The van der Waals surface area contributed by atoms with E-state index in [1.165, 1.54) is 34.7 Å². The molecule has 10 heteroatoms. The van der Waals surface area contributed by atoms with E-state index >= 15 is 0 Å². The molecule has 1 aliphatic rings. The highest BCUT2D eigenvalue weighted by atomic mass is 16.3. The van der Waals surface area contributed by atoms with Gasteiger partial charge in [-0.05, 0) is 73.9 Å².